The molecular weight excluding hydrogens is 420 g/mol. The molecule has 1 aliphatic heterocycles. The van der Waals surface area contributed by atoms with Gasteiger partial charge in [-0.25, -0.2) is 0 Å². The van der Waals surface area contributed by atoms with Gasteiger partial charge in [0.25, 0.3) is 11.8 Å². The van der Waals surface area contributed by atoms with Gasteiger partial charge in [-0.15, -0.1) is 0 Å². The molecule has 5 nitrogen and oxygen atoms in total. The molecule has 0 radical (unpaired) electrons. The second-order valence-electron chi connectivity index (χ2n) is 7.10. The minimum absolute atomic E-state index is 0.0200. The highest BCUT2D eigenvalue weighted by molar-refractivity contribution is 9.10. The van der Waals surface area contributed by atoms with Crippen LogP contribution in [0.2, 0.25) is 0 Å². The molecule has 0 atom stereocenters. The van der Waals surface area contributed by atoms with Gasteiger partial charge in [-0.05, 0) is 49.7 Å². The quantitative estimate of drug-likeness (QED) is 0.589. The summed E-state index contributed by atoms with van der Waals surface area (Å²) < 4.78 is 6.69. The van der Waals surface area contributed by atoms with Crippen molar-refractivity contribution >= 4 is 38.7 Å². The summed E-state index contributed by atoms with van der Waals surface area (Å²) in [5.41, 5.74) is 2.45. The Morgan fingerprint density at radius 1 is 0.929 bits per heavy atom. The Bertz CT molecular complexity index is 1040. The Kier molecular flexibility index (Phi) is 5.22. The maximum atomic E-state index is 12.9. The fraction of sp³-hybridized carbons (Fsp3) is 0.273. The first kappa shape index (κ1) is 18.7. The number of nitrogens with zero attached hydrogens (tertiary/aromatic N) is 2. The van der Waals surface area contributed by atoms with Gasteiger partial charge in [0.15, 0.2) is 5.76 Å². The van der Waals surface area contributed by atoms with E-state index in [0.717, 1.165) is 21.8 Å². The molecule has 2 heterocycles. The molecule has 2 aromatic carbocycles. The van der Waals surface area contributed by atoms with E-state index in [0.29, 0.717) is 43.1 Å². The summed E-state index contributed by atoms with van der Waals surface area (Å²) in [4.78, 5) is 29.3. The lowest BCUT2D eigenvalue weighted by Gasteiger charge is -2.22. The number of hydrogen-bond donors (Lipinski definition) is 0. The smallest absolute Gasteiger partial charge is 0.289 e. The average molecular weight is 441 g/mol. The van der Waals surface area contributed by atoms with Crippen molar-refractivity contribution in [1.29, 1.82) is 0 Å². The number of carbonyl (C=O) groups excluding carboxylic acids is 2. The third-order valence-corrected chi connectivity index (χ3v) is 5.52. The summed E-state index contributed by atoms with van der Waals surface area (Å²) in [5.74, 6) is 0.232. The van der Waals surface area contributed by atoms with Crippen molar-refractivity contribution in [3.63, 3.8) is 0 Å². The van der Waals surface area contributed by atoms with E-state index in [-0.39, 0.29) is 11.8 Å². The highest BCUT2D eigenvalue weighted by atomic mass is 79.9. The Labute approximate surface area is 172 Å². The van der Waals surface area contributed by atoms with Crippen LogP contribution in [0, 0.1) is 6.92 Å². The Balaban J connectivity index is 1.47. The standard InChI is InChI=1S/C22H21BrN2O3/c1-15-4-2-5-16(12-15)21(26)24-8-3-9-25(11-10-24)22(27)20-14-17-13-18(23)6-7-19(17)28-20/h2,4-7,12-14H,3,8-11H2,1H3. The van der Waals surface area contributed by atoms with Gasteiger partial charge < -0.3 is 14.2 Å². The summed E-state index contributed by atoms with van der Waals surface area (Å²) in [6.45, 7) is 4.24. The minimum Gasteiger partial charge on any atom is -0.451 e. The van der Waals surface area contributed by atoms with E-state index in [2.05, 4.69) is 15.9 Å². The van der Waals surface area contributed by atoms with Crippen LogP contribution in [0.4, 0.5) is 0 Å². The van der Waals surface area contributed by atoms with Crippen LogP contribution in [0.15, 0.2) is 57.4 Å². The van der Waals surface area contributed by atoms with Crippen molar-refractivity contribution in [2.24, 2.45) is 0 Å². The molecule has 28 heavy (non-hydrogen) atoms. The van der Waals surface area contributed by atoms with Gasteiger partial charge in [0.2, 0.25) is 0 Å². The fourth-order valence-corrected chi connectivity index (χ4v) is 3.94. The monoisotopic (exact) mass is 440 g/mol. The van der Waals surface area contributed by atoms with Crippen molar-refractivity contribution in [2.75, 3.05) is 26.2 Å². The number of halogens is 1. The SMILES string of the molecule is Cc1cccc(C(=O)N2CCCN(C(=O)c3cc4cc(Br)ccc4o3)CC2)c1. The van der Waals surface area contributed by atoms with E-state index in [9.17, 15) is 9.59 Å². The summed E-state index contributed by atoms with van der Waals surface area (Å²) in [6.07, 6.45) is 0.745. The van der Waals surface area contributed by atoms with Gasteiger partial charge in [0.05, 0.1) is 0 Å². The molecule has 0 N–H and O–H groups in total. The van der Waals surface area contributed by atoms with Crippen LogP contribution in [0.5, 0.6) is 0 Å². The molecule has 6 heteroatoms. The first-order chi connectivity index (χ1) is 13.5. The maximum absolute atomic E-state index is 12.9. The summed E-state index contributed by atoms with van der Waals surface area (Å²) in [5, 5.41) is 0.892. The number of carbonyl (C=O) groups is 2. The number of furan rings is 1. The van der Waals surface area contributed by atoms with Crippen molar-refractivity contribution in [2.45, 2.75) is 13.3 Å². The third kappa shape index (κ3) is 3.83. The van der Waals surface area contributed by atoms with Crippen LogP contribution in [0.3, 0.4) is 0 Å². The van der Waals surface area contributed by atoms with Crippen molar-refractivity contribution < 1.29 is 14.0 Å². The first-order valence-electron chi connectivity index (χ1n) is 9.35. The molecule has 0 aliphatic carbocycles. The number of rotatable bonds is 2. The molecule has 1 saturated heterocycles. The molecule has 1 fully saturated rings. The maximum Gasteiger partial charge on any atom is 0.289 e. The Hall–Kier alpha value is -2.60. The van der Waals surface area contributed by atoms with Crippen LogP contribution in [0.1, 0.15) is 32.9 Å². The van der Waals surface area contributed by atoms with Gasteiger partial charge in [0, 0.05) is 41.6 Å². The van der Waals surface area contributed by atoms with Gasteiger partial charge in [0.1, 0.15) is 5.58 Å². The molecule has 144 valence electrons. The van der Waals surface area contributed by atoms with Crippen molar-refractivity contribution in [1.82, 2.24) is 9.80 Å². The van der Waals surface area contributed by atoms with Gasteiger partial charge in [-0.3, -0.25) is 9.59 Å². The molecule has 0 saturated carbocycles. The number of fused-ring (bicyclic) bond motifs is 1. The lowest BCUT2D eigenvalue weighted by atomic mass is 10.1. The molecule has 2 amide bonds. The Morgan fingerprint density at radius 3 is 2.43 bits per heavy atom. The normalized spacial score (nSPS) is 14.9. The third-order valence-electron chi connectivity index (χ3n) is 5.02. The van der Waals surface area contributed by atoms with E-state index in [1.54, 1.807) is 11.0 Å². The molecule has 3 aromatic rings. The molecular formula is C22H21BrN2O3. The lowest BCUT2D eigenvalue weighted by Crippen LogP contribution is -2.37. The molecule has 1 aromatic heterocycles. The van der Waals surface area contributed by atoms with Crippen LogP contribution in [-0.2, 0) is 0 Å². The van der Waals surface area contributed by atoms with Crippen molar-refractivity contribution in [3.05, 3.63) is 69.9 Å². The zero-order valence-corrected chi connectivity index (χ0v) is 17.2. The average Bonchev–Trinajstić information content (AvgIpc) is 2.95. The van der Waals surface area contributed by atoms with Crippen molar-refractivity contribution in [3.8, 4) is 0 Å². The molecule has 0 spiro atoms. The predicted octanol–water partition coefficient (Wildman–Crippen LogP) is 4.49. The van der Waals surface area contributed by atoms with Crippen LogP contribution >= 0.6 is 15.9 Å². The van der Waals surface area contributed by atoms with E-state index >= 15 is 0 Å². The van der Waals surface area contributed by atoms with E-state index in [1.165, 1.54) is 0 Å². The number of benzene rings is 2. The zero-order valence-electron chi connectivity index (χ0n) is 15.7. The largest absolute Gasteiger partial charge is 0.451 e. The highest BCUT2D eigenvalue weighted by Gasteiger charge is 2.25. The predicted molar refractivity (Wildman–Crippen MR) is 112 cm³/mol. The summed E-state index contributed by atoms with van der Waals surface area (Å²) >= 11 is 3.43. The van der Waals surface area contributed by atoms with Crippen LogP contribution in [-0.4, -0.2) is 47.8 Å². The summed E-state index contributed by atoms with van der Waals surface area (Å²) in [7, 11) is 0. The number of aryl methyl sites for hydroxylation is 1. The summed E-state index contributed by atoms with van der Waals surface area (Å²) in [6, 6.07) is 15.1. The highest BCUT2D eigenvalue weighted by Crippen LogP contribution is 2.24. The molecule has 1 aliphatic rings. The van der Waals surface area contributed by atoms with Gasteiger partial charge >= 0.3 is 0 Å². The van der Waals surface area contributed by atoms with Crippen LogP contribution < -0.4 is 0 Å². The van der Waals surface area contributed by atoms with E-state index < -0.39 is 0 Å². The molecule has 0 unspecified atom stereocenters. The zero-order chi connectivity index (χ0) is 19.7. The topological polar surface area (TPSA) is 53.8 Å². The Morgan fingerprint density at radius 2 is 1.68 bits per heavy atom. The lowest BCUT2D eigenvalue weighted by molar-refractivity contribution is 0.0702. The number of amides is 2. The molecule has 4 rings (SSSR count). The van der Waals surface area contributed by atoms with Gasteiger partial charge in [-0.1, -0.05) is 33.6 Å². The second-order valence-corrected chi connectivity index (χ2v) is 8.02. The molecule has 0 bridgehead atoms. The van der Waals surface area contributed by atoms with Crippen LogP contribution in [0.25, 0.3) is 11.0 Å². The minimum atomic E-state index is -0.128. The van der Waals surface area contributed by atoms with E-state index in [1.807, 2.05) is 54.3 Å². The second kappa shape index (κ2) is 7.80. The van der Waals surface area contributed by atoms with Gasteiger partial charge in [-0.2, -0.15) is 0 Å². The fourth-order valence-electron chi connectivity index (χ4n) is 3.56. The first-order valence-corrected chi connectivity index (χ1v) is 10.1. The van der Waals surface area contributed by atoms with E-state index in [4.69, 9.17) is 4.42 Å². The number of hydrogen-bond acceptors (Lipinski definition) is 3.